The van der Waals surface area contributed by atoms with Gasteiger partial charge in [-0.2, -0.15) is 0 Å². The maximum atomic E-state index is 10.2. The molecule has 0 bridgehead atoms. The van der Waals surface area contributed by atoms with E-state index in [-0.39, 0.29) is 6.10 Å². The first-order chi connectivity index (χ1) is 9.69. The highest BCUT2D eigenvalue weighted by molar-refractivity contribution is 5.62. The van der Waals surface area contributed by atoms with Crippen molar-refractivity contribution in [3.05, 3.63) is 23.8 Å². The summed E-state index contributed by atoms with van der Waals surface area (Å²) in [7, 11) is 0. The average Bonchev–Trinajstić information content (AvgIpc) is 2.50. The second kappa shape index (κ2) is 6.95. The Morgan fingerprint density at radius 2 is 2.25 bits per heavy atom. The van der Waals surface area contributed by atoms with Crippen molar-refractivity contribution in [1.29, 1.82) is 0 Å². The van der Waals surface area contributed by atoms with E-state index in [1.807, 2.05) is 12.1 Å². The lowest BCUT2D eigenvalue weighted by Crippen LogP contribution is -2.39. The van der Waals surface area contributed by atoms with Crippen LogP contribution in [-0.2, 0) is 0 Å². The smallest absolute Gasteiger partial charge is 0.143 e. The Morgan fingerprint density at radius 3 is 2.90 bits per heavy atom. The molecule has 0 amide bonds. The van der Waals surface area contributed by atoms with Crippen molar-refractivity contribution in [2.75, 3.05) is 24.5 Å². The molecule has 20 heavy (non-hydrogen) atoms. The van der Waals surface area contributed by atoms with E-state index in [0.717, 1.165) is 42.9 Å². The zero-order valence-corrected chi connectivity index (χ0v) is 12.5. The largest absolute Gasteiger partial charge is 0.486 e. The summed E-state index contributed by atoms with van der Waals surface area (Å²) in [6, 6.07) is 6.01. The third kappa shape index (κ3) is 3.25. The average molecular weight is 278 g/mol. The molecule has 2 unspecified atom stereocenters. The summed E-state index contributed by atoms with van der Waals surface area (Å²) in [6.45, 7) is 6.79. The van der Waals surface area contributed by atoms with E-state index < -0.39 is 6.10 Å². The van der Waals surface area contributed by atoms with Crippen molar-refractivity contribution in [3.63, 3.8) is 0 Å². The second-order valence-corrected chi connectivity index (χ2v) is 5.36. The zero-order chi connectivity index (χ0) is 14.5. The number of nitrogens with two attached hydrogens (primary N) is 1. The number of nitrogens with zero attached hydrogens (tertiary/aromatic N) is 1. The van der Waals surface area contributed by atoms with Gasteiger partial charge < -0.3 is 20.5 Å². The third-order valence-corrected chi connectivity index (χ3v) is 3.94. The van der Waals surface area contributed by atoms with Gasteiger partial charge in [0.25, 0.3) is 0 Å². The first-order valence-corrected chi connectivity index (χ1v) is 7.63. The van der Waals surface area contributed by atoms with Crippen molar-refractivity contribution in [2.45, 2.75) is 45.3 Å². The molecular formula is C16H26N2O2. The Hall–Kier alpha value is -1.26. The first-order valence-electron chi connectivity index (χ1n) is 7.63. The van der Waals surface area contributed by atoms with Crippen LogP contribution in [0, 0.1) is 0 Å². The van der Waals surface area contributed by atoms with Gasteiger partial charge in [0.1, 0.15) is 11.9 Å². The van der Waals surface area contributed by atoms with Gasteiger partial charge in [0.2, 0.25) is 0 Å². The second-order valence-electron chi connectivity index (χ2n) is 5.36. The normalized spacial score (nSPS) is 19.4. The van der Waals surface area contributed by atoms with E-state index in [1.165, 1.54) is 0 Å². The first kappa shape index (κ1) is 15.1. The molecule has 3 N–H and O–H groups in total. The van der Waals surface area contributed by atoms with Crippen LogP contribution in [0.1, 0.15) is 44.8 Å². The van der Waals surface area contributed by atoms with Crippen LogP contribution in [0.3, 0.4) is 0 Å². The Bertz CT molecular complexity index is 436. The number of ether oxygens (including phenoxy) is 1. The fraction of sp³-hybridized carbons (Fsp3) is 0.625. The molecule has 1 aliphatic rings. The van der Waals surface area contributed by atoms with Crippen LogP contribution in [0.25, 0.3) is 0 Å². The van der Waals surface area contributed by atoms with Crippen molar-refractivity contribution < 1.29 is 9.84 Å². The lowest BCUT2D eigenvalue weighted by Gasteiger charge is -2.36. The van der Waals surface area contributed by atoms with E-state index in [9.17, 15) is 5.11 Å². The highest BCUT2D eigenvalue weighted by Gasteiger charge is 2.24. The van der Waals surface area contributed by atoms with Crippen LogP contribution in [0.5, 0.6) is 5.75 Å². The minimum atomic E-state index is -0.438. The fourth-order valence-electron chi connectivity index (χ4n) is 2.64. The van der Waals surface area contributed by atoms with Gasteiger partial charge in [-0.05, 0) is 50.4 Å². The summed E-state index contributed by atoms with van der Waals surface area (Å²) in [5.74, 6) is 0.930. The summed E-state index contributed by atoms with van der Waals surface area (Å²) in [6.07, 6.45) is 2.38. The van der Waals surface area contributed by atoms with Gasteiger partial charge in [-0.25, -0.2) is 0 Å². The number of anilines is 1. The van der Waals surface area contributed by atoms with E-state index >= 15 is 0 Å². The number of aliphatic hydroxyl groups is 1. The Balaban J connectivity index is 2.21. The zero-order valence-electron chi connectivity index (χ0n) is 12.5. The molecule has 0 aliphatic carbocycles. The van der Waals surface area contributed by atoms with Crippen LogP contribution in [-0.4, -0.2) is 30.8 Å². The minimum Gasteiger partial charge on any atom is -0.486 e. The van der Waals surface area contributed by atoms with Gasteiger partial charge in [-0.1, -0.05) is 13.0 Å². The number of rotatable bonds is 6. The quantitative estimate of drug-likeness (QED) is 0.839. The molecule has 1 aromatic rings. The molecule has 1 heterocycles. The third-order valence-electron chi connectivity index (χ3n) is 3.94. The summed E-state index contributed by atoms with van der Waals surface area (Å²) in [5, 5.41) is 10.2. The number of hydrogen-bond acceptors (Lipinski definition) is 4. The van der Waals surface area contributed by atoms with Crippen molar-refractivity contribution in [2.24, 2.45) is 5.73 Å². The van der Waals surface area contributed by atoms with Crippen LogP contribution < -0.4 is 15.4 Å². The summed E-state index contributed by atoms with van der Waals surface area (Å²) < 4.78 is 5.99. The summed E-state index contributed by atoms with van der Waals surface area (Å²) in [4.78, 5) is 2.33. The molecule has 0 spiro atoms. The van der Waals surface area contributed by atoms with E-state index in [2.05, 4.69) is 24.8 Å². The van der Waals surface area contributed by atoms with Gasteiger partial charge in [0, 0.05) is 6.54 Å². The predicted octanol–water partition coefficient (Wildman–Crippen LogP) is 2.46. The number of likely N-dealkylation sites (N-methyl/N-ethyl adjacent to an activating group) is 1. The molecule has 2 rings (SSSR count). The molecule has 1 aromatic carbocycles. The lowest BCUT2D eigenvalue weighted by molar-refractivity contribution is 0.164. The number of benzene rings is 1. The van der Waals surface area contributed by atoms with Gasteiger partial charge in [-0.3, -0.25) is 0 Å². The van der Waals surface area contributed by atoms with Gasteiger partial charge in [0.15, 0.2) is 0 Å². The number of aliphatic hydroxyl groups excluding tert-OH is 1. The van der Waals surface area contributed by atoms with Gasteiger partial charge >= 0.3 is 0 Å². The van der Waals surface area contributed by atoms with E-state index in [4.69, 9.17) is 10.5 Å². The van der Waals surface area contributed by atoms with Crippen molar-refractivity contribution in [1.82, 2.24) is 0 Å². The van der Waals surface area contributed by atoms with E-state index in [0.29, 0.717) is 13.0 Å². The van der Waals surface area contributed by atoms with E-state index in [1.54, 1.807) is 0 Å². The number of hydrogen-bond donors (Lipinski definition) is 2. The van der Waals surface area contributed by atoms with Crippen LogP contribution in [0.15, 0.2) is 18.2 Å². The molecular weight excluding hydrogens is 252 g/mol. The molecule has 0 aromatic heterocycles. The molecule has 1 aliphatic heterocycles. The molecule has 0 fully saturated rings. The predicted molar refractivity (Wildman–Crippen MR) is 82.3 cm³/mol. The van der Waals surface area contributed by atoms with Crippen molar-refractivity contribution >= 4 is 5.69 Å². The Kier molecular flexibility index (Phi) is 5.26. The fourth-order valence-corrected chi connectivity index (χ4v) is 2.64. The van der Waals surface area contributed by atoms with Gasteiger partial charge in [-0.15, -0.1) is 0 Å². The SMILES string of the molecule is CCC1CN(CC)c2cc(C(O)CCCN)ccc2O1. The molecule has 4 heteroatoms. The summed E-state index contributed by atoms with van der Waals surface area (Å²) in [5.41, 5.74) is 7.55. The molecule has 112 valence electrons. The lowest BCUT2D eigenvalue weighted by atomic mass is 10.0. The summed E-state index contributed by atoms with van der Waals surface area (Å²) >= 11 is 0. The number of fused-ring (bicyclic) bond motifs is 1. The Labute approximate surface area is 121 Å². The van der Waals surface area contributed by atoms with Crippen molar-refractivity contribution in [3.8, 4) is 5.75 Å². The Morgan fingerprint density at radius 1 is 1.45 bits per heavy atom. The molecule has 2 atom stereocenters. The molecule has 0 saturated heterocycles. The minimum absolute atomic E-state index is 0.260. The highest BCUT2D eigenvalue weighted by atomic mass is 16.5. The van der Waals surface area contributed by atoms with Crippen LogP contribution in [0.2, 0.25) is 0 Å². The van der Waals surface area contributed by atoms with Crippen LogP contribution >= 0.6 is 0 Å². The highest BCUT2D eigenvalue weighted by Crippen LogP contribution is 2.36. The van der Waals surface area contributed by atoms with Crippen LogP contribution in [0.4, 0.5) is 5.69 Å². The maximum Gasteiger partial charge on any atom is 0.143 e. The monoisotopic (exact) mass is 278 g/mol. The topological polar surface area (TPSA) is 58.7 Å². The van der Waals surface area contributed by atoms with Gasteiger partial charge in [0.05, 0.1) is 18.3 Å². The molecule has 0 saturated carbocycles. The molecule has 4 nitrogen and oxygen atoms in total. The molecule has 0 radical (unpaired) electrons. The maximum absolute atomic E-state index is 10.2. The standard InChI is InChI=1S/C16H26N2O2/c1-3-13-11-18(4-2)14-10-12(7-8-16(14)20-13)15(19)6-5-9-17/h7-8,10,13,15,19H,3-6,9,11,17H2,1-2H3.